The second-order valence-electron chi connectivity index (χ2n) is 16.0. The van der Waals surface area contributed by atoms with Crippen LogP contribution in [0.1, 0.15) is 252 Å². The molecule has 1 N–H and O–H groups in total. The van der Waals surface area contributed by atoms with Crippen LogP contribution < -0.4 is 0 Å². The third-order valence-electron chi connectivity index (χ3n) is 10.4. The van der Waals surface area contributed by atoms with Gasteiger partial charge in [-0.25, -0.2) is 0 Å². The molecule has 0 aliphatic carbocycles. The van der Waals surface area contributed by atoms with E-state index in [1.54, 1.807) is 0 Å². The van der Waals surface area contributed by atoms with Gasteiger partial charge in [0.15, 0.2) is 0 Å². The normalized spacial score (nSPS) is 11.2. The fraction of sp³-hybridized carbons (Fsp3) is 0.957. The molecule has 0 aromatic rings. The van der Waals surface area contributed by atoms with Crippen LogP contribution in [-0.4, -0.2) is 61.4 Å². The highest BCUT2D eigenvalue weighted by atomic mass is 16.5. The molecule has 318 valence electrons. The van der Waals surface area contributed by atoms with Crippen LogP contribution in [0.25, 0.3) is 0 Å². The van der Waals surface area contributed by atoms with E-state index in [4.69, 9.17) is 14.6 Å². The van der Waals surface area contributed by atoms with E-state index < -0.39 is 0 Å². The van der Waals surface area contributed by atoms with Crippen molar-refractivity contribution in [2.24, 2.45) is 0 Å². The number of aliphatic hydroxyl groups is 1. The molecule has 0 aliphatic rings. The van der Waals surface area contributed by atoms with Gasteiger partial charge in [-0.15, -0.1) is 0 Å². The van der Waals surface area contributed by atoms with Crippen molar-refractivity contribution in [2.75, 3.05) is 33.4 Å². The van der Waals surface area contributed by atoms with Gasteiger partial charge < -0.3 is 19.5 Å². The molecule has 0 saturated carbocycles. The van der Waals surface area contributed by atoms with Crippen molar-refractivity contribution < 1.29 is 24.2 Å². The first kappa shape index (κ1) is 54.0. The maximum atomic E-state index is 12.3. The number of carbonyl (C=O) groups excluding carboxylic acids is 2. The summed E-state index contributed by atoms with van der Waals surface area (Å²) in [5.41, 5.74) is 0. The van der Waals surface area contributed by atoms with E-state index in [-0.39, 0.29) is 24.6 Å². The van der Waals surface area contributed by atoms with Crippen LogP contribution in [0.15, 0.2) is 0 Å². The van der Waals surface area contributed by atoms with Gasteiger partial charge in [0.25, 0.3) is 0 Å². The molecule has 0 aromatic carbocycles. The van der Waals surface area contributed by atoms with Gasteiger partial charge >= 0.3 is 11.9 Å². The number of ether oxygens (including phenoxy) is 2. The van der Waals surface area contributed by atoms with Gasteiger partial charge in [-0.2, -0.15) is 0 Å². The monoisotopic (exact) mass is 754 g/mol. The summed E-state index contributed by atoms with van der Waals surface area (Å²) in [4.78, 5) is 26.2. The third kappa shape index (κ3) is 46.9. The molecule has 0 fully saturated rings. The fourth-order valence-electron chi connectivity index (χ4n) is 6.81. The molecular weight excluding hydrogens is 659 g/mol. The smallest absolute Gasteiger partial charge is 0.306 e. The van der Waals surface area contributed by atoms with Gasteiger partial charge in [-0.1, -0.05) is 182 Å². The Kier molecular flexibility index (Phi) is 47.9. The van der Waals surface area contributed by atoms with Crippen LogP contribution in [0.5, 0.6) is 0 Å². The molecule has 6 nitrogen and oxygen atoms in total. The molecule has 0 rings (SSSR count). The number of carbonyl (C=O) groups is 2. The average Bonchev–Trinajstić information content (AvgIpc) is 3.15. The van der Waals surface area contributed by atoms with Crippen LogP contribution in [0.4, 0.5) is 0 Å². The molecule has 0 saturated heterocycles. The number of unbranched alkanes of at least 4 members (excludes halogenated alkanes) is 25. The average molecular weight is 754 g/mol. The van der Waals surface area contributed by atoms with Crippen LogP contribution >= 0.6 is 0 Å². The molecule has 0 aromatic heterocycles. The summed E-state index contributed by atoms with van der Waals surface area (Å²) in [6, 6.07) is 0. The SMILES string of the molecule is CCCCCCCCC(=O)OC(CCCCCCCC)CCCCCCCC.CCCCCCCCCOC(=O)CCCCCCCN(C)CCCO. The number of aliphatic hydroxyl groups excluding tert-OH is 1. The number of nitrogens with zero attached hydrogens (tertiary/aromatic N) is 1. The van der Waals surface area contributed by atoms with Gasteiger partial charge in [0.05, 0.1) is 6.61 Å². The van der Waals surface area contributed by atoms with Gasteiger partial charge in [0.2, 0.25) is 0 Å². The molecule has 0 heterocycles. The number of hydrogen-bond donors (Lipinski definition) is 1. The molecule has 0 aliphatic heterocycles. The maximum absolute atomic E-state index is 12.3. The Bertz CT molecular complexity index is 701. The standard InChI is InChI=1S/C26H52O2.C21H43NO3/c1-4-7-10-13-16-19-22-25(23-20-17-14-11-8-5-2)28-26(27)24-21-18-15-12-9-6-3;1-3-4-5-6-7-11-14-20-25-21(24)16-12-9-8-10-13-17-22(2)18-15-19-23/h25H,4-24H2,1-3H3;23H,3-20H2,1-2H3. The van der Waals surface area contributed by atoms with Crippen molar-refractivity contribution in [3.8, 4) is 0 Å². The van der Waals surface area contributed by atoms with Crippen molar-refractivity contribution in [3.05, 3.63) is 0 Å². The van der Waals surface area contributed by atoms with E-state index in [2.05, 4.69) is 39.6 Å². The molecule has 0 spiro atoms. The lowest BCUT2D eigenvalue weighted by molar-refractivity contribution is -0.150. The minimum atomic E-state index is -0.0188. The first-order chi connectivity index (χ1) is 25.9. The van der Waals surface area contributed by atoms with Crippen molar-refractivity contribution in [1.82, 2.24) is 4.90 Å². The van der Waals surface area contributed by atoms with Crippen molar-refractivity contribution in [2.45, 2.75) is 259 Å². The zero-order valence-corrected chi connectivity index (χ0v) is 36.7. The maximum Gasteiger partial charge on any atom is 0.306 e. The lowest BCUT2D eigenvalue weighted by Gasteiger charge is -2.18. The molecular formula is C47H95NO5. The first-order valence-corrected chi connectivity index (χ1v) is 23.6. The number of esters is 2. The number of rotatable bonds is 41. The molecule has 0 unspecified atom stereocenters. The van der Waals surface area contributed by atoms with Gasteiger partial charge in [-0.05, 0) is 71.4 Å². The molecule has 0 radical (unpaired) electrons. The molecule has 0 amide bonds. The van der Waals surface area contributed by atoms with Crippen molar-refractivity contribution >= 4 is 11.9 Å². The van der Waals surface area contributed by atoms with Gasteiger partial charge in [0.1, 0.15) is 6.10 Å². The topological polar surface area (TPSA) is 76.1 Å². The summed E-state index contributed by atoms with van der Waals surface area (Å²) in [7, 11) is 2.11. The van der Waals surface area contributed by atoms with Crippen molar-refractivity contribution in [1.29, 1.82) is 0 Å². The van der Waals surface area contributed by atoms with Crippen LogP contribution in [0, 0.1) is 0 Å². The highest BCUT2D eigenvalue weighted by molar-refractivity contribution is 5.69. The Morgan fingerprint density at radius 3 is 1.26 bits per heavy atom. The molecule has 6 heteroatoms. The zero-order chi connectivity index (χ0) is 39.3. The summed E-state index contributed by atoms with van der Waals surface area (Å²) in [5.74, 6) is 0.0344. The largest absolute Gasteiger partial charge is 0.466 e. The van der Waals surface area contributed by atoms with Crippen LogP contribution in [0.3, 0.4) is 0 Å². The zero-order valence-electron chi connectivity index (χ0n) is 36.7. The Balaban J connectivity index is 0. The van der Waals surface area contributed by atoms with Crippen LogP contribution in [-0.2, 0) is 19.1 Å². The van der Waals surface area contributed by atoms with Gasteiger partial charge in [-0.3, -0.25) is 9.59 Å². The summed E-state index contributed by atoms with van der Waals surface area (Å²) in [6.45, 7) is 12.0. The third-order valence-corrected chi connectivity index (χ3v) is 10.4. The Morgan fingerprint density at radius 2 is 0.811 bits per heavy atom. The molecule has 0 atom stereocenters. The Morgan fingerprint density at radius 1 is 0.453 bits per heavy atom. The predicted molar refractivity (Wildman–Crippen MR) is 230 cm³/mol. The van der Waals surface area contributed by atoms with Crippen LogP contribution in [0.2, 0.25) is 0 Å². The summed E-state index contributed by atoms with van der Waals surface area (Å²) in [6.07, 6.45) is 41.9. The number of hydrogen-bond acceptors (Lipinski definition) is 6. The summed E-state index contributed by atoms with van der Waals surface area (Å²) < 4.78 is 11.2. The molecule has 53 heavy (non-hydrogen) atoms. The van der Waals surface area contributed by atoms with E-state index in [1.165, 1.54) is 167 Å². The second-order valence-corrected chi connectivity index (χ2v) is 16.0. The highest BCUT2D eigenvalue weighted by Gasteiger charge is 2.14. The minimum Gasteiger partial charge on any atom is -0.466 e. The predicted octanol–water partition coefficient (Wildman–Crippen LogP) is 14.1. The van der Waals surface area contributed by atoms with Crippen molar-refractivity contribution in [3.63, 3.8) is 0 Å². The lowest BCUT2D eigenvalue weighted by atomic mass is 10.0. The Labute approximate surface area is 332 Å². The minimum absolute atomic E-state index is 0.0188. The van der Waals surface area contributed by atoms with E-state index in [1.807, 2.05) is 0 Å². The first-order valence-electron chi connectivity index (χ1n) is 23.6. The van der Waals surface area contributed by atoms with E-state index in [0.717, 1.165) is 58.0 Å². The fourth-order valence-corrected chi connectivity index (χ4v) is 6.81. The van der Waals surface area contributed by atoms with Gasteiger partial charge in [0, 0.05) is 26.0 Å². The van der Waals surface area contributed by atoms with E-state index >= 15 is 0 Å². The van der Waals surface area contributed by atoms with E-state index in [9.17, 15) is 9.59 Å². The molecule has 0 bridgehead atoms. The summed E-state index contributed by atoms with van der Waals surface area (Å²) >= 11 is 0. The van der Waals surface area contributed by atoms with E-state index in [0.29, 0.717) is 19.4 Å². The quantitative estimate of drug-likeness (QED) is 0.0495. The lowest BCUT2D eigenvalue weighted by Crippen LogP contribution is -2.21. The Hall–Kier alpha value is -1.14. The highest BCUT2D eigenvalue weighted by Crippen LogP contribution is 2.18. The second kappa shape index (κ2) is 47.0. The summed E-state index contributed by atoms with van der Waals surface area (Å²) in [5, 5.41) is 8.78.